The molecule has 0 unspecified atom stereocenters. The van der Waals surface area contributed by atoms with Gasteiger partial charge in [0.15, 0.2) is 0 Å². The summed E-state index contributed by atoms with van der Waals surface area (Å²) in [5.74, 6) is 0. The number of rotatable bonds is 5. The summed E-state index contributed by atoms with van der Waals surface area (Å²) in [6.07, 6.45) is 1.78. The number of benzene rings is 1. The molecule has 0 fully saturated rings. The quantitative estimate of drug-likeness (QED) is 0.870. The fourth-order valence-corrected chi connectivity index (χ4v) is 2.77. The molecule has 0 aliphatic rings. The lowest BCUT2D eigenvalue weighted by Gasteiger charge is -2.11. The van der Waals surface area contributed by atoms with Crippen molar-refractivity contribution in [2.75, 3.05) is 12.4 Å². The van der Waals surface area contributed by atoms with E-state index >= 15 is 0 Å². The van der Waals surface area contributed by atoms with Gasteiger partial charge in [0.2, 0.25) is 10.0 Å². The largest absolute Gasteiger partial charge is 0.380 e. The Morgan fingerprint density at radius 3 is 2.60 bits per heavy atom. The molecule has 0 saturated heterocycles. The van der Waals surface area contributed by atoms with Crippen molar-refractivity contribution in [3.63, 3.8) is 0 Å². The first kappa shape index (κ1) is 14.5. The van der Waals surface area contributed by atoms with Gasteiger partial charge in [-0.05, 0) is 26.1 Å². The van der Waals surface area contributed by atoms with E-state index in [1.54, 1.807) is 35.1 Å². The maximum atomic E-state index is 11.9. The van der Waals surface area contributed by atoms with Crippen LogP contribution < -0.4 is 10.0 Å². The Morgan fingerprint density at radius 2 is 2.00 bits per heavy atom. The van der Waals surface area contributed by atoms with Crippen molar-refractivity contribution in [2.24, 2.45) is 7.05 Å². The van der Waals surface area contributed by atoms with Gasteiger partial charge in [0.1, 0.15) is 4.90 Å². The topological polar surface area (TPSA) is 76.0 Å². The van der Waals surface area contributed by atoms with Crippen LogP contribution in [-0.4, -0.2) is 25.2 Å². The molecule has 2 aromatic rings. The lowest BCUT2D eigenvalue weighted by molar-refractivity contribution is 0.588. The van der Waals surface area contributed by atoms with Crippen LogP contribution in [0, 0.1) is 6.92 Å². The molecule has 20 heavy (non-hydrogen) atoms. The first-order chi connectivity index (χ1) is 9.45. The van der Waals surface area contributed by atoms with Gasteiger partial charge in [-0.25, -0.2) is 13.1 Å². The zero-order valence-electron chi connectivity index (χ0n) is 11.7. The highest BCUT2D eigenvalue weighted by atomic mass is 32.2. The van der Waals surface area contributed by atoms with Gasteiger partial charge >= 0.3 is 0 Å². The predicted molar refractivity (Wildman–Crippen MR) is 78.0 cm³/mol. The Kier molecular flexibility index (Phi) is 4.10. The summed E-state index contributed by atoms with van der Waals surface area (Å²) in [6.45, 7) is 2.50. The molecule has 0 bridgehead atoms. The summed E-state index contributed by atoms with van der Waals surface area (Å²) in [5.41, 5.74) is 2.65. The van der Waals surface area contributed by atoms with E-state index in [2.05, 4.69) is 15.1 Å². The zero-order chi connectivity index (χ0) is 14.8. The molecule has 7 heteroatoms. The summed E-state index contributed by atoms with van der Waals surface area (Å²) < 4.78 is 28.0. The third-order valence-corrected chi connectivity index (χ3v) is 4.72. The van der Waals surface area contributed by atoms with Crippen molar-refractivity contribution in [1.29, 1.82) is 0 Å². The van der Waals surface area contributed by atoms with Crippen molar-refractivity contribution in [1.82, 2.24) is 14.5 Å². The van der Waals surface area contributed by atoms with E-state index in [0.717, 1.165) is 11.3 Å². The number of sulfonamides is 1. The van der Waals surface area contributed by atoms with Crippen molar-refractivity contribution >= 4 is 15.7 Å². The monoisotopic (exact) mass is 294 g/mol. The van der Waals surface area contributed by atoms with E-state index in [1.807, 2.05) is 14.0 Å². The van der Waals surface area contributed by atoms with E-state index in [0.29, 0.717) is 12.2 Å². The normalized spacial score (nSPS) is 11.6. The molecular formula is C13H18N4O2S. The Hall–Kier alpha value is -1.86. The second kappa shape index (κ2) is 5.64. The summed E-state index contributed by atoms with van der Waals surface area (Å²) in [6, 6.07) is 6.82. The number of anilines is 1. The van der Waals surface area contributed by atoms with Crippen LogP contribution in [0.4, 0.5) is 5.69 Å². The standard InChI is InChI=1S/C13H18N4O2S/c1-10-11(9-16-17(10)3)8-15-12-6-4-5-7-13(12)20(18,19)14-2/h4-7,9,14-15H,8H2,1-3H3. The maximum absolute atomic E-state index is 11.9. The Bertz CT molecular complexity index is 707. The van der Waals surface area contributed by atoms with Crippen LogP contribution in [0.2, 0.25) is 0 Å². The minimum absolute atomic E-state index is 0.240. The van der Waals surface area contributed by atoms with Crippen LogP contribution in [0.1, 0.15) is 11.3 Å². The van der Waals surface area contributed by atoms with E-state index in [9.17, 15) is 8.42 Å². The molecule has 108 valence electrons. The molecule has 1 aromatic heterocycles. The number of aromatic nitrogens is 2. The molecule has 0 saturated carbocycles. The van der Waals surface area contributed by atoms with Crippen molar-refractivity contribution in [3.8, 4) is 0 Å². The average Bonchev–Trinajstić information content (AvgIpc) is 2.77. The predicted octanol–water partition coefficient (Wildman–Crippen LogP) is 1.25. The summed E-state index contributed by atoms with van der Waals surface area (Å²) >= 11 is 0. The van der Waals surface area contributed by atoms with Gasteiger partial charge < -0.3 is 5.32 Å². The molecule has 6 nitrogen and oxygen atoms in total. The van der Waals surface area contributed by atoms with Gasteiger partial charge in [0.25, 0.3) is 0 Å². The third kappa shape index (κ3) is 2.83. The number of aryl methyl sites for hydroxylation is 1. The van der Waals surface area contributed by atoms with Crippen LogP contribution in [0.15, 0.2) is 35.4 Å². The minimum Gasteiger partial charge on any atom is -0.380 e. The zero-order valence-corrected chi connectivity index (χ0v) is 12.5. The third-order valence-electron chi connectivity index (χ3n) is 3.25. The minimum atomic E-state index is -3.47. The molecule has 0 amide bonds. The highest BCUT2D eigenvalue weighted by molar-refractivity contribution is 7.89. The Labute approximate surface area is 118 Å². The van der Waals surface area contributed by atoms with Crippen LogP contribution in [-0.2, 0) is 23.6 Å². The number of hydrogen-bond donors (Lipinski definition) is 2. The lowest BCUT2D eigenvalue weighted by Crippen LogP contribution is -2.20. The summed E-state index contributed by atoms with van der Waals surface area (Å²) in [5, 5.41) is 7.31. The van der Waals surface area contributed by atoms with Gasteiger partial charge in [-0.2, -0.15) is 5.10 Å². The molecule has 1 aromatic carbocycles. The van der Waals surface area contributed by atoms with E-state index in [-0.39, 0.29) is 4.90 Å². The van der Waals surface area contributed by atoms with Crippen LogP contribution in [0.5, 0.6) is 0 Å². The molecular weight excluding hydrogens is 276 g/mol. The van der Waals surface area contributed by atoms with Crippen LogP contribution >= 0.6 is 0 Å². The summed E-state index contributed by atoms with van der Waals surface area (Å²) in [7, 11) is -0.198. The van der Waals surface area contributed by atoms with Gasteiger partial charge in [-0.15, -0.1) is 0 Å². The molecule has 2 N–H and O–H groups in total. The number of nitrogens with one attached hydrogen (secondary N) is 2. The Balaban J connectivity index is 2.25. The van der Waals surface area contributed by atoms with Crippen molar-refractivity contribution in [3.05, 3.63) is 41.7 Å². The molecule has 0 spiro atoms. The van der Waals surface area contributed by atoms with Gasteiger partial charge in [-0.1, -0.05) is 12.1 Å². The molecule has 0 radical (unpaired) electrons. The number of nitrogens with zero attached hydrogens (tertiary/aromatic N) is 2. The molecule has 0 atom stereocenters. The van der Waals surface area contributed by atoms with Crippen LogP contribution in [0.25, 0.3) is 0 Å². The highest BCUT2D eigenvalue weighted by Crippen LogP contribution is 2.21. The molecule has 0 aliphatic carbocycles. The SMILES string of the molecule is CNS(=O)(=O)c1ccccc1NCc1cnn(C)c1C. The maximum Gasteiger partial charge on any atom is 0.242 e. The van der Waals surface area contributed by atoms with E-state index < -0.39 is 10.0 Å². The summed E-state index contributed by atoms with van der Waals surface area (Å²) in [4.78, 5) is 0.240. The highest BCUT2D eigenvalue weighted by Gasteiger charge is 2.16. The average molecular weight is 294 g/mol. The molecule has 0 aliphatic heterocycles. The second-order valence-electron chi connectivity index (χ2n) is 4.44. The number of para-hydroxylation sites is 1. The smallest absolute Gasteiger partial charge is 0.242 e. The second-order valence-corrected chi connectivity index (χ2v) is 6.29. The number of hydrogen-bond acceptors (Lipinski definition) is 4. The fraction of sp³-hybridized carbons (Fsp3) is 0.308. The molecule has 2 rings (SSSR count). The first-order valence-corrected chi connectivity index (χ1v) is 7.68. The van der Waals surface area contributed by atoms with Gasteiger partial charge in [-0.3, -0.25) is 4.68 Å². The van der Waals surface area contributed by atoms with Gasteiger partial charge in [0.05, 0.1) is 11.9 Å². The van der Waals surface area contributed by atoms with Crippen molar-refractivity contribution in [2.45, 2.75) is 18.4 Å². The van der Waals surface area contributed by atoms with E-state index in [4.69, 9.17) is 0 Å². The first-order valence-electron chi connectivity index (χ1n) is 6.19. The van der Waals surface area contributed by atoms with Crippen LogP contribution in [0.3, 0.4) is 0 Å². The molecule has 1 heterocycles. The lowest BCUT2D eigenvalue weighted by atomic mass is 10.2. The van der Waals surface area contributed by atoms with Gasteiger partial charge in [0, 0.05) is 24.8 Å². The van der Waals surface area contributed by atoms with Crippen molar-refractivity contribution < 1.29 is 8.42 Å². The fourth-order valence-electron chi connectivity index (χ4n) is 1.87. The Morgan fingerprint density at radius 1 is 1.30 bits per heavy atom. The van der Waals surface area contributed by atoms with E-state index in [1.165, 1.54) is 7.05 Å².